The highest BCUT2D eigenvalue weighted by Gasteiger charge is 2.16. The molecule has 1 amide bonds. The minimum Gasteiger partial charge on any atom is -0.322 e. The van der Waals surface area contributed by atoms with Gasteiger partial charge in [0.15, 0.2) is 23.3 Å². The van der Waals surface area contributed by atoms with E-state index in [1.54, 1.807) is 12.3 Å². The summed E-state index contributed by atoms with van der Waals surface area (Å²) in [5.41, 5.74) is -1.11. The molecule has 25 heavy (non-hydrogen) atoms. The highest BCUT2D eigenvalue weighted by atomic mass is 19.2. The van der Waals surface area contributed by atoms with E-state index in [4.69, 9.17) is 0 Å². The molecule has 1 N–H and O–H groups in total. The van der Waals surface area contributed by atoms with Crippen LogP contribution in [0.1, 0.15) is 0 Å². The summed E-state index contributed by atoms with van der Waals surface area (Å²) < 4.78 is 41.8. The van der Waals surface area contributed by atoms with Crippen LogP contribution in [0.3, 0.4) is 0 Å². The number of hydrogen-bond acceptors (Lipinski definition) is 4. The summed E-state index contributed by atoms with van der Waals surface area (Å²) in [5, 5.41) is 9.98. The molecule has 0 saturated carbocycles. The number of amides is 1. The van der Waals surface area contributed by atoms with Crippen molar-refractivity contribution in [3.05, 3.63) is 70.5 Å². The number of benzene rings is 1. The third kappa shape index (κ3) is 3.42. The Morgan fingerprint density at radius 2 is 1.92 bits per heavy atom. The first-order chi connectivity index (χ1) is 12.0. The lowest BCUT2D eigenvalue weighted by Crippen LogP contribution is -2.30. The molecule has 0 aliphatic rings. The van der Waals surface area contributed by atoms with Crippen LogP contribution < -0.4 is 10.9 Å². The van der Waals surface area contributed by atoms with Crippen molar-refractivity contribution in [2.75, 3.05) is 5.32 Å². The third-order valence-corrected chi connectivity index (χ3v) is 3.19. The topological polar surface area (TPSA) is 81.8 Å². The molecule has 3 rings (SSSR count). The minimum absolute atomic E-state index is 0.288. The van der Waals surface area contributed by atoms with E-state index in [0.717, 1.165) is 10.7 Å². The standard InChI is InChI=1S/C15H10F3N5O2/c16-9-2-3-10(15(18)14(9)17)20-12(24)8-23-13(25)5-4-11(21-23)22-7-1-6-19-22/h1-7H,8H2,(H,20,24). The monoisotopic (exact) mass is 349 g/mol. The lowest BCUT2D eigenvalue weighted by Gasteiger charge is -2.09. The van der Waals surface area contributed by atoms with E-state index in [9.17, 15) is 22.8 Å². The molecule has 0 aliphatic carbocycles. The second-order valence-electron chi connectivity index (χ2n) is 4.91. The van der Waals surface area contributed by atoms with E-state index in [0.29, 0.717) is 6.07 Å². The highest BCUT2D eigenvalue weighted by Crippen LogP contribution is 2.19. The van der Waals surface area contributed by atoms with Crippen LogP contribution in [0.2, 0.25) is 0 Å². The molecule has 2 heterocycles. The summed E-state index contributed by atoms with van der Waals surface area (Å²) in [7, 11) is 0. The molecule has 0 bridgehead atoms. The number of nitrogens with one attached hydrogen (secondary N) is 1. The van der Waals surface area contributed by atoms with Gasteiger partial charge in [-0.25, -0.2) is 22.5 Å². The normalized spacial score (nSPS) is 10.7. The van der Waals surface area contributed by atoms with Gasteiger partial charge in [-0.1, -0.05) is 0 Å². The average Bonchev–Trinajstić information content (AvgIpc) is 3.12. The van der Waals surface area contributed by atoms with Gasteiger partial charge in [-0.15, -0.1) is 5.10 Å². The Morgan fingerprint density at radius 1 is 1.12 bits per heavy atom. The van der Waals surface area contributed by atoms with E-state index < -0.39 is 41.2 Å². The van der Waals surface area contributed by atoms with Crippen molar-refractivity contribution in [3.63, 3.8) is 0 Å². The van der Waals surface area contributed by atoms with E-state index in [2.05, 4.69) is 15.5 Å². The Hall–Kier alpha value is -3.43. The maximum Gasteiger partial charge on any atom is 0.267 e. The molecule has 3 aromatic rings. The lowest BCUT2D eigenvalue weighted by atomic mass is 10.2. The zero-order valence-electron chi connectivity index (χ0n) is 12.5. The number of hydrogen-bond donors (Lipinski definition) is 1. The van der Waals surface area contributed by atoms with Gasteiger partial charge in [0.25, 0.3) is 5.56 Å². The van der Waals surface area contributed by atoms with E-state index in [1.807, 2.05) is 0 Å². The molecule has 0 radical (unpaired) electrons. The molecule has 7 nitrogen and oxygen atoms in total. The van der Waals surface area contributed by atoms with Crippen LogP contribution in [0.15, 0.2) is 47.5 Å². The maximum atomic E-state index is 13.6. The van der Waals surface area contributed by atoms with Crippen molar-refractivity contribution in [1.82, 2.24) is 19.6 Å². The SMILES string of the molecule is O=C(Cn1nc(-n2cccn2)ccc1=O)Nc1ccc(F)c(F)c1F. The van der Waals surface area contributed by atoms with Crippen molar-refractivity contribution < 1.29 is 18.0 Å². The van der Waals surface area contributed by atoms with Crippen LogP contribution in [0.4, 0.5) is 18.9 Å². The zero-order valence-corrected chi connectivity index (χ0v) is 12.5. The first-order valence-electron chi connectivity index (χ1n) is 6.97. The largest absolute Gasteiger partial charge is 0.322 e. The Balaban J connectivity index is 1.81. The van der Waals surface area contributed by atoms with Gasteiger partial charge in [0.1, 0.15) is 6.54 Å². The second kappa shape index (κ2) is 6.59. The highest BCUT2D eigenvalue weighted by molar-refractivity contribution is 5.90. The Bertz CT molecular complexity index is 985. The number of aromatic nitrogens is 4. The van der Waals surface area contributed by atoms with Crippen LogP contribution >= 0.6 is 0 Å². The molecule has 10 heteroatoms. The van der Waals surface area contributed by atoms with Gasteiger partial charge in [-0.05, 0) is 24.3 Å². The van der Waals surface area contributed by atoms with Gasteiger partial charge >= 0.3 is 0 Å². The molecule has 0 unspecified atom stereocenters. The van der Waals surface area contributed by atoms with Crippen LogP contribution in [-0.2, 0) is 11.3 Å². The number of halogens is 3. The second-order valence-corrected chi connectivity index (χ2v) is 4.91. The molecule has 0 atom stereocenters. The summed E-state index contributed by atoms with van der Waals surface area (Å²) in [5.74, 6) is -5.15. The molecule has 2 aromatic heterocycles. The predicted molar refractivity (Wildman–Crippen MR) is 80.6 cm³/mol. The van der Waals surface area contributed by atoms with Crippen molar-refractivity contribution in [1.29, 1.82) is 0 Å². The van der Waals surface area contributed by atoms with Crippen molar-refractivity contribution >= 4 is 11.6 Å². The summed E-state index contributed by atoms with van der Waals surface area (Å²) >= 11 is 0. The van der Waals surface area contributed by atoms with Crippen LogP contribution in [-0.4, -0.2) is 25.5 Å². The fourth-order valence-corrected chi connectivity index (χ4v) is 2.03. The summed E-state index contributed by atoms with van der Waals surface area (Å²) in [6, 6.07) is 5.81. The molecule has 0 spiro atoms. The summed E-state index contributed by atoms with van der Waals surface area (Å²) in [6.07, 6.45) is 3.10. The average molecular weight is 349 g/mol. The Labute approximate surface area is 138 Å². The van der Waals surface area contributed by atoms with Crippen LogP contribution in [0, 0.1) is 17.5 Å². The third-order valence-electron chi connectivity index (χ3n) is 3.19. The van der Waals surface area contributed by atoms with Crippen molar-refractivity contribution in [3.8, 4) is 5.82 Å². The molecule has 128 valence electrons. The number of carbonyl (C=O) groups is 1. The molecular formula is C15H10F3N5O2. The van der Waals surface area contributed by atoms with Gasteiger partial charge in [0.2, 0.25) is 5.91 Å². The Morgan fingerprint density at radius 3 is 2.64 bits per heavy atom. The molecule has 1 aromatic carbocycles. The number of rotatable bonds is 4. The summed E-state index contributed by atoms with van der Waals surface area (Å²) in [6.45, 7) is -0.549. The molecular weight excluding hydrogens is 339 g/mol. The van der Waals surface area contributed by atoms with Crippen LogP contribution in [0.5, 0.6) is 0 Å². The van der Waals surface area contributed by atoms with Crippen LogP contribution in [0.25, 0.3) is 5.82 Å². The van der Waals surface area contributed by atoms with Gasteiger partial charge in [-0.3, -0.25) is 9.59 Å². The van der Waals surface area contributed by atoms with E-state index in [-0.39, 0.29) is 5.82 Å². The van der Waals surface area contributed by atoms with Gasteiger partial charge < -0.3 is 5.32 Å². The quantitative estimate of drug-likeness (QED) is 0.724. The molecule has 0 saturated heterocycles. The van der Waals surface area contributed by atoms with Crippen molar-refractivity contribution in [2.45, 2.75) is 6.54 Å². The number of anilines is 1. The zero-order chi connectivity index (χ0) is 18.0. The molecule has 0 fully saturated rings. The van der Waals surface area contributed by atoms with E-state index >= 15 is 0 Å². The number of nitrogens with zero attached hydrogens (tertiary/aromatic N) is 4. The fraction of sp³-hybridized carbons (Fsp3) is 0.0667. The Kier molecular flexibility index (Phi) is 4.33. The molecule has 0 aliphatic heterocycles. The lowest BCUT2D eigenvalue weighted by molar-refractivity contribution is -0.117. The first kappa shape index (κ1) is 16.4. The summed E-state index contributed by atoms with van der Waals surface area (Å²) in [4.78, 5) is 23.8. The van der Waals surface area contributed by atoms with Gasteiger partial charge in [0, 0.05) is 18.5 Å². The van der Waals surface area contributed by atoms with Crippen molar-refractivity contribution in [2.24, 2.45) is 0 Å². The number of carbonyl (C=O) groups excluding carboxylic acids is 1. The first-order valence-corrected chi connectivity index (χ1v) is 6.97. The van der Waals surface area contributed by atoms with Gasteiger partial charge in [-0.2, -0.15) is 5.10 Å². The van der Waals surface area contributed by atoms with Gasteiger partial charge in [0.05, 0.1) is 5.69 Å². The smallest absolute Gasteiger partial charge is 0.267 e. The predicted octanol–water partition coefficient (Wildman–Crippen LogP) is 1.48. The minimum atomic E-state index is -1.70. The maximum absolute atomic E-state index is 13.6. The van der Waals surface area contributed by atoms with E-state index in [1.165, 1.54) is 23.0 Å². The fourth-order valence-electron chi connectivity index (χ4n) is 2.03.